The van der Waals surface area contributed by atoms with Crippen LogP contribution in [0.1, 0.15) is 33.6 Å². The number of ether oxygens (including phenoxy) is 1. The standard InChI is InChI=1S/C14H26ClN3O3/c1-14(2,3)21-13(20)18-8-4-11(5-9-18)10-17-12(19)16-7-6-15/h11H,4-10H2,1-3H3,(H2,16,17,19). The lowest BCUT2D eigenvalue weighted by Crippen LogP contribution is -2.45. The van der Waals surface area contributed by atoms with E-state index in [0.717, 1.165) is 12.8 Å². The van der Waals surface area contributed by atoms with Crippen LogP contribution in [0.5, 0.6) is 0 Å². The second-order valence-corrected chi connectivity index (χ2v) is 6.61. The van der Waals surface area contributed by atoms with Crippen LogP contribution < -0.4 is 10.6 Å². The third-order valence-electron chi connectivity index (χ3n) is 3.20. The Labute approximate surface area is 131 Å². The molecule has 0 aromatic rings. The Hall–Kier alpha value is -1.17. The number of rotatable bonds is 4. The molecule has 0 bridgehead atoms. The lowest BCUT2D eigenvalue weighted by molar-refractivity contribution is 0.0184. The highest BCUT2D eigenvalue weighted by Crippen LogP contribution is 2.19. The first-order chi connectivity index (χ1) is 9.81. The van der Waals surface area contributed by atoms with Crippen molar-refractivity contribution in [3.05, 3.63) is 0 Å². The van der Waals surface area contributed by atoms with Gasteiger partial charge in [-0.2, -0.15) is 0 Å². The number of hydrogen-bond donors (Lipinski definition) is 2. The highest BCUT2D eigenvalue weighted by atomic mass is 35.5. The van der Waals surface area contributed by atoms with Crippen molar-refractivity contribution in [2.24, 2.45) is 5.92 Å². The van der Waals surface area contributed by atoms with E-state index in [1.807, 2.05) is 20.8 Å². The highest BCUT2D eigenvalue weighted by molar-refractivity contribution is 6.18. The van der Waals surface area contributed by atoms with Crippen molar-refractivity contribution in [1.29, 1.82) is 0 Å². The summed E-state index contributed by atoms with van der Waals surface area (Å²) in [5, 5.41) is 5.48. The number of amides is 3. The molecule has 1 heterocycles. The lowest BCUT2D eigenvalue weighted by Gasteiger charge is -2.33. The van der Waals surface area contributed by atoms with Crippen molar-refractivity contribution >= 4 is 23.7 Å². The molecule has 1 rings (SSSR count). The Bertz CT molecular complexity index is 350. The number of alkyl halides is 1. The van der Waals surface area contributed by atoms with E-state index in [0.29, 0.717) is 38.0 Å². The van der Waals surface area contributed by atoms with Gasteiger partial charge in [0.25, 0.3) is 0 Å². The molecule has 0 saturated carbocycles. The van der Waals surface area contributed by atoms with Crippen LogP contribution in [0, 0.1) is 5.92 Å². The second-order valence-electron chi connectivity index (χ2n) is 6.24. The molecule has 21 heavy (non-hydrogen) atoms. The third kappa shape index (κ3) is 7.41. The molecule has 7 heteroatoms. The van der Waals surface area contributed by atoms with Gasteiger partial charge in [-0.3, -0.25) is 0 Å². The molecular formula is C14H26ClN3O3. The number of piperidine rings is 1. The minimum Gasteiger partial charge on any atom is -0.444 e. The fraction of sp³-hybridized carbons (Fsp3) is 0.857. The molecule has 0 aliphatic carbocycles. The number of nitrogens with one attached hydrogen (secondary N) is 2. The fourth-order valence-corrected chi connectivity index (χ4v) is 2.20. The van der Waals surface area contributed by atoms with Gasteiger partial charge in [-0.15, -0.1) is 11.6 Å². The summed E-state index contributed by atoms with van der Waals surface area (Å²) in [5.41, 5.74) is -0.462. The summed E-state index contributed by atoms with van der Waals surface area (Å²) in [4.78, 5) is 25.1. The topological polar surface area (TPSA) is 70.7 Å². The Balaban J connectivity index is 2.23. The maximum Gasteiger partial charge on any atom is 0.410 e. The molecule has 122 valence electrons. The van der Waals surface area contributed by atoms with E-state index in [1.165, 1.54) is 0 Å². The van der Waals surface area contributed by atoms with E-state index < -0.39 is 5.60 Å². The van der Waals surface area contributed by atoms with Crippen LogP contribution in [-0.4, -0.2) is 54.7 Å². The summed E-state index contributed by atoms with van der Waals surface area (Å²) in [6, 6.07) is -0.190. The predicted octanol–water partition coefficient (Wildman–Crippen LogP) is 2.17. The van der Waals surface area contributed by atoms with Crippen molar-refractivity contribution in [3.63, 3.8) is 0 Å². The Morgan fingerprint density at radius 2 is 1.86 bits per heavy atom. The van der Waals surface area contributed by atoms with Crippen LogP contribution in [0.2, 0.25) is 0 Å². The van der Waals surface area contributed by atoms with Gasteiger partial charge < -0.3 is 20.3 Å². The molecule has 1 aliphatic rings. The van der Waals surface area contributed by atoms with Crippen LogP contribution in [0.4, 0.5) is 9.59 Å². The number of likely N-dealkylation sites (tertiary alicyclic amines) is 1. The number of hydrogen-bond acceptors (Lipinski definition) is 3. The Kier molecular flexibility index (Phi) is 7.08. The monoisotopic (exact) mass is 319 g/mol. The van der Waals surface area contributed by atoms with Crippen LogP contribution in [-0.2, 0) is 4.74 Å². The lowest BCUT2D eigenvalue weighted by atomic mass is 9.97. The first-order valence-electron chi connectivity index (χ1n) is 7.37. The normalized spacial score (nSPS) is 16.5. The molecule has 0 aromatic heterocycles. The first-order valence-corrected chi connectivity index (χ1v) is 7.91. The summed E-state index contributed by atoms with van der Waals surface area (Å²) >= 11 is 5.49. The van der Waals surface area contributed by atoms with Crippen LogP contribution in [0.3, 0.4) is 0 Å². The largest absolute Gasteiger partial charge is 0.444 e. The minimum atomic E-state index is -0.462. The van der Waals surface area contributed by atoms with E-state index in [-0.39, 0.29) is 12.1 Å². The average molecular weight is 320 g/mol. The van der Waals surface area contributed by atoms with Crippen molar-refractivity contribution in [2.75, 3.05) is 32.1 Å². The van der Waals surface area contributed by atoms with E-state index in [4.69, 9.17) is 16.3 Å². The Morgan fingerprint density at radius 3 is 2.38 bits per heavy atom. The van der Waals surface area contributed by atoms with E-state index in [2.05, 4.69) is 10.6 Å². The fourth-order valence-electron chi connectivity index (χ4n) is 2.11. The van der Waals surface area contributed by atoms with Crippen LogP contribution in [0.15, 0.2) is 0 Å². The maximum absolute atomic E-state index is 11.9. The molecule has 0 atom stereocenters. The molecule has 3 amide bonds. The first kappa shape index (κ1) is 17.9. The number of urea groups is 1. The van der Waals surface area contributed by atoms with Gasteiger partial charge in [0.2, 0.25) is 0 Å². The molecule has 0 aromatic carbocycles. The third-order valence-corrected chi connectivity index (χ3v) is 3.39. The summed E-state index contributed by atoms with van der Waals surface area (Å²) in [5.74, 6) is 0.798. The molecule has 2 N–H and O–H groups in total. The molecule has 1 fully saturated rings. The molecular weight excluding hydrogens is 294 g/mol. The minimum absolute atomic E-state index is 0.190. The quantitative estimate of drug-likeness (QED) is 0.780. The van der Waals surface area contributed by atoms with Crippen LogP contribution in [0.25, 0.3) is 0 Å². The highest BCUT2D eigenvalue weighted by Gasteiger charge is 2.26. The predicted molar refractivity (Wildman–Crippen MR) is 82.7 cm³/mol. The van der Waals surface area contributed by atoms with Gasteiger partial charge in [-0.05, 0) is 39.5 Å². The van der Waals surface area contributed by atoms with Gasteiger partial charge >= 0.3 is 12.1 Å². The molecule has 1 aliphatic heterocycles. The number of nitrogens with zero attached hydrogens (tertiary/aromatic N) is 1. The number of carbonyl (C=O) groups is 2. The average Bonchev–Trinajstić information content (AvgIpc) is 2.41. The maximum atomic E-state index is 11.9. The Morgan fingerprint density at radius 1 is 1.24 bits per heavy atom. The van der Waals surface area contributed by atoms with Gasteiger partial charge in [0.15, 0.2) is 0 Å². The summed E-state index contributed by atoms with van der Waals surface area (Å²) in [6.45, 7) is 8.01. The van der Waals surface area contributed by atoms with Crippen molar-refractivity contribution < 1.29 is 14.3 Å². The summed E-state index contributed by atoms with van der Waals surface area (Å²) in [6.07, 6.45) is 1.48. The molecule has 1 saturated heterocycles. The molecule has 6 nitrogen and oxygen atoms in total. The van der Waals surface area contributed by atoms with E-state index in [1.54, 1.807) is 4.90 Å². The number of carbonyl (C=O) groups excluding carboxylic acids is 2. The summed E-state index contributed by atoms with van der Waals surface area (Å²) in [7, 11) is 0. The van der Waals surface area contributed by atoms with Gasteiger partial charge in [0.05, 0.1) is 0 Å². The number of halogens is 1. The van der Waals surface area contributed by atoms with Gasteiger partial charge in [-0.25, -0.2) is 9.59 Å². The van der Waals surface area contributed by atoms with Crippen molar-refractivity contribution in [3.8, 4) is 0 Å². The zero-order valence-corrected chi connectivity index (χ0v) is 13.8. The van der Waals surface area contributed by atoms with Crippen molar-refractivity contribution in [2.45, 2.75) is 39.2 Å². The SMILES string of the molecule is CC(C)(C)OC(=O)N1CCC(CNC(=O)NCCCl)CC1. The van der Waals surface area contributed by atoms with Crippen molar-refractivity contribution in [1.82, 2.24) is 15.5 Å². The zero-order chi connectivity index (χ0) is 15.9. The van der Waals surface area contributed by atoms with Gasteiger partial charge in [-0.1, -0.05) is 0 Å². The van der Waals surface area contributed by atoms with E-state index in [9.17, 15) is 9.59 Å². The molecule has 0 spiro atoms. The van der Waals surface area contributed by atoms with Crippen LogP contribution >= 0.6 is 11.6 Å². The smallest absolute Gasteiger partial charge is 0.410 e. The second kappa shape index (κ2) is 8.32. The molecule has 0 unspecified atom stereocenters. The summed E-state index contributed by atoms with van der Waals surface area (Å²) < 4.78 is 5.35. The van der Waals surface area contributed by atoms with E-state index >= 15 is 0 Å². The van der Waals surface area contributed by atoms with Gasteiger partial charge in [0, 0.05) is 32.1 Å². The van der Waals surface area contributed by atoms with Gasteiger partial charge in [0.1, 0.15) is 5.60 Å². The zero-order valence-electron chi connectivity index (χ0n) is 13.1. The molecule has 0 radical (unpaired) electrons.